The Morgan fingerprint density at radius 1 is 1.33 bits per heavy atom. The number of halogens is 1. The van der Waals surface area contributed by atoms with Gasteiger partial charge in [-0.05, 0) is 37.1 Å². The lowest BCUT2D eigenvalue weighted by Gasteiger charge is -2.17. The van der Waals surface area contributed by atoms with Crippen LogP contribution in [-0.2, 0) is 6.42 Å². The van der Waals surface area contributed by atoms with E-state index in [-0.39, 0.29) is 10.9 Å². The number of hydrogen-bond donors (Lipinski definition) is 0. The highest BCUT2D eigenvalue weighted by Crippen LogP contribution is 2.41. The fourth-order valence-corrected chi connectivity index (χ4v) is 4.48. The van der Waals surface area contributed by atoms with Crippen LogP contribution in [0.5, 0.6) is 5.75 Å². The lowest BCUT2D eigenvalue weighted by atomic mass is 10.1. The van der Waals surface area contributed by atoms with E-state index in [1.54, 1.807) is 0 Å². The molecule has 2 atom stereocenters. The van der Waals surface area contributed by atoms with Crippen LogP contribution >= 0.6 is 27.3 Å². The molecule has 3 heteroatoms. The second-order valence-corrected chi connectivity index (χ2v) is 7.05. The summed E-state index contributed by atoms with van der Waals surface area (Å²) in [5.41, 5.74) is 2.68. The monoisotopic (exact) mass is 322 g/mol. The first-order chi connectivity index (χ1) is 8.65. The van der Waals surface area contributed by atoms with Gasteiger partial charge in [0.05, 0.1) is 4.83 Å². The maximum atomic E-state index is 6.05. The largest absolute Gasteiger partial charge is 0.488 e. The first kappa shape index (κ1) is 12.2. The van der Waals surface area contributed by atoms with Crippen molar-refractivity contribution >= 4 is 27.3 Å². The van der Waals surface area contributed by atoms with Gasteiger partial charge in [0, 0.05) is 16.2 Å². The molecule has 2 unspecified atom stereocenters. The maximum Gasteiger partial charge on any atom is 0.123 e. The molecule has 0 N–H and O–H groups in total. The average molecular weight is 323 g/mol. The van der Waals surface area contributed by atoms with Crippen LogP contribution in [0.2, 0.25) is 0 Å². The van der Waals surface area contributed by atoms with Gasteiger partial charge in [-0.15, -0.1) is 11.3 Å². The summed E-state index contributed by atoms with van der Waals surface area (Å²) in [6.07, 6.45) is 1.20. The van der Waals surface area contributed by atoms with Gasteiger partial charge in [0.1, 0.15) is 11.9 Å². The van der Waals surface area contributed by atoms with Gasteiger partial charge in [-0.25, -0.2) is 0 Å². The molecule has 1 aliphatic heterocycles. The van der Waals surface area contributed by atoms with E-state index in [1.165, 1.54) is 20.9 Å². The van der Waals surface area contributed by atoms with E-state index in [9.17, 15) is 0 Å². The first-order valence-corrected chi connectivity index (χ1v) is 7.84. The predicted molar refractivity (Wildman–Crippen MR) is 80.0 cm³/mol. The van der Waals surface area contributed by atoms with Gasteiger partial charge in [-0.3, -0.25) is 0 Å². The van der Waals surface area contributed by atoms with Gasteiger partial charge >= 0.3 is 0 Å². The summed E-state index contributed by atoms with van der Waals surface area (Å²) >= 11 is 5.68. The molecule has 0 fully saturated rings. The molecule has 0 saturated carbocycles. The van der Waals surface area contributed by atoms with Gasteiger partial charge in [-0.2, -0.15) is 0 Å². The molecule has 0 saturated heterocycles. The number of ether oxygens (including phenoxy) is 1. The standard InChI is InChI=1S/C15H15BrOS/c1-9-7-10(2)18-15(9)14(16)13-8-11-5-3-4-6-12(11)17-13/h3-7,13-14H,8H2,1-2H3. The number of rotatable bonds is 2. The van der Waals surface area contributed by atoms with Gasteiger partial charge in [0.25, 0.3) is 0 Å². The highest BCUT2D eigenvalue weighted by molar-refractivity contribution is 9.09. The second kappa shape index (κ2) is 4.71. The Kier molecular flexibility index (Phi) is 3.20. The van der Waals surface area contributed by atoms with Crippen molar-refractivity contribution in [1.29, 1.82) is 0 Å². The number of fused-ring (bicyclic) bond motifs is 1. The molecule has 0 amide bonds. The molecule has 0 radical (unpaired) electrons. The van der Waals surface area contributed by atoms with Crippen molar-refractivity contribution in [1.82, 2.24) is 0 Å². The average Bonchev–Trinajstić information content (AvgIpc) is 2.91. The molecule has 0 bridgehead atoms. The number of para-hydroxylation sites is 1. The third-order valence-corrected chi connectivity index (χ3v) is 5.91. The number of thiophene rings is 1. The Labute approximate surface area is 120 Å². The molecule has 1 aliphatic rings. The second-order valence-electron chi connectivity index (χ2n) is 4.77. The van der Waals surface area contributed by atoms with Crippen LogP contribution in [0.4, 0.5) is 0 Å². The first-order valence-electron chi connectivity index (χ1n) is 6.10. The van der Waals surface area contributed by atoms with Crippen LogP contribution in [0.25, 0.3) is 0 Å². The molecule has 18 heavy (non-hydrogen) atoms. The van der Waals surface area contributed by atoms with E-state index in [1.807, 2.05) is 17.4 Å². The van der Waals surface area contributed by atoms with Crippen molar-refractivity contribution in [3.8, 4) is 5.75 Å². The summed E-state index contributed by atoms with van der Waals surface area (Å²) in [4.78, 5) is 3.04. The summed E-state index contributed by atoms with van der Waals surface area (Å²) < 4.78 is 6.05. The predicted octanol–water partition coefficient (Wildman–Crippen LogP) is 4.80. The number of alkyl halides is 1. The van der Waals surface area contributed by atoms with Crippen LogP contribution in [-0.4, -0.2) is 6.10 Å². The quantitative estimate of drug-likeness (QED) is 0.721. The number of benzene rings is 1. The third kappa shape index (κ3) is 2.10. The van der Waals surface area contributed by atoms with Crippen LogP contribution in [0, 0.1) is 13.8 Å². The SMILES string of the molecule is Cc1cc(C)c(C(Br)C2Cc3ccccc3O2)s1. The van der Waals surface area contributed by atoms with E-state index >= 15 is 0 Å². The summed E-state index contributed by atoms with van der Waals surface area (Å²) in [5.74, 6) is 1.04. The van der Waals surface area contributed by atoms with Crippen LogP contribution in [0.15, 0.2) is 30.3 Å². The minimum atomic E-state index is 0.208. The van der Waals surface area contributed by atoms with E-state index in [2.05, 4.69) is 54.0 Å². The van der Waals surface area contributed by atoms with Gasteiger partial charge in [0.2, 0.25) is 0 Å². The molecule has 1 aromatic heterocycles. The molecule has 3 rings (SSSR count). The Balaban J connectivity index is 1.84. The van der Waals surface area contributed by atoms with Crippen molar-refractivity contribution in [2.24, 2.45) is 0 Å². The molecular formula is C15H15BrOS. The molecular weight excluding hydrogens is 308 g/mol. The lowest BCUT2D eigenvalue weighted by molar-refractivity contribution is 0.232. The number of hydrogen-bond acceptors (Lipinski definition) is 2. The minimum Gasteiger partial charge on any atom is -0.488 e. The molecule has 94 valence electrons. The van der Waals surface area contributed by atoms with Gasteiger partial charge in [0.15, 0.2) is 0 Å². The van der Waals surface area contributed by atoms with Gasteiger partial charge in [-0.1, -0.05) is 34.1 Å². The summed E-state index contributed by atoms with van der Waals surface area (Å²) in [5, 5.41) is 0. The molecule has 0 aliphatic carbocycles. The smallest absolute Gasteiger partial charge is 0.123 e. The van der Waals surface area contributed by atoms with E-state index in [0.717, 1.165) is 12.2 Å². The molecule has 2 heterocycles. The zero-order valence-electron chi connectivity index (χ0n) is 10.4. The molecule has 1 aromatic carbocycles. The Hall–Kier alpha value is -0.800. The van der Waals surface area contributed by atoms with Crippen LogP contribution in [0.1, 0.15) is 25.7 Å². The number of aryl methyl sites for hydroxylation is 2. The fourth-order valence-electron chi connectivity index (χ4n) is 2.47. The van der Waals surface area contributed by atoms with Crippen molar-refractivity contribution < 1.29 is 4.74 Å². The zero-order valence-corrected chi connectivity index (χ0v) is 12.8. The fraction of sp³-hybridized carbons (Fsp3) is 0.333. The van der Waals surface area contributed by atoms with Crippen molar-refractivity contribution in [2.45, 2.75) is 31.2 Å². The van der Waals surface area contributed by atoms with Gasteiger partial charge < -0.3 is 4.74 Å². The van der Waals surface area contributed by atoms with E-state index in [0.29, 0.717) is 0 Å². The summed E-state index contributed by atoms with van der Waals surface area (Å²) in [6, 6.07) is 10.6. The summed E-state index contributed by atoms with van der Waals surface area (Å²) in [6.45, 7) is 4.33. The van der Waals surface area contributed by atoms with Crippen LogP contribution < -0.4 is 4.74 Å². The van der Waals surface area contributed by atoms with Crippen molar-refractivity contribution in [2.75, 3.05) is 0 Å². The topological polar surface area (TPSA) is 9.23 Å². The van der Waals surface area contributed by atoms with Crippen molar-refractivity contribution in [3.63, 3.8) is 0 Å². The highest BCUT2D eigenvalue weighted by Gasteiger charge is 2.31. The molecule has 2 aromatic rings. The van der Waals surface area contributed by atoms with Crippen molar-refractivity contribution in [3.05, 3.63) is 51.2 Å². The Morgan fingerprint density at radius 2 is 2.11 bits per heavy atom. The third-order valence-electron chi connectivity index (χ3n) is 3.33. The van der Waals surface area contributed by atoms with E-state index in [4.69, 9.17) is 4.74 Å². The normalized spacial score (nSPS) is 19.4. The highest BCUT2D eigenvalue weighted by atomic mass is 79.9. The lowest BCUT2D eigenvalue weighted by Crippen LogP contribution is -2.18. The molecule has 0 spiro atoms. The minimum absolute atomic E-state index is 0.208. The Bertz CT molecular complexity index is 551. The van der Waals surface area contributed by atoms with E-state index < -0.39 is 0 Å². The summed E-state index contributed by atoms with van der Waals surface area (Å²) in [7, 11) is 0. The van der Waals surface area contributed by atoms with Crippen LogP contribution in [0.3, 0.4) is 0 Å². The molecule has 1 nitrogen and oxygen atoms in total. The zero-order chi connectivity index (χ0) is 12.7. The maximum absolute atomic E-state index is 6.05. The Morgan fingerprint density at radius 3 is 2.78 bits per heavy atom.